The molecule has 0 spiro atoms. The summed E-state index contributed by atoms with van der Waals surface area (Å²) >= 11 is 0. The summed E-state index contributed by atoms with van der Waals surface area (Å²) in [6.45, 7) is 5.42. The molecule has 2 heterocycles. The van der Waals surface area contributed by atoms with Crippen LogP contribution in [0.1, 0.15) is 32.6 Å². The van der Waals surface area contributed by atoms with Crippen molar-refractivity contribution < 1.29 is 17.9 Å². The second-order valence-corrected chi connectivity index (χ2v) is 8.15. The van der Waals surface area contributed by atoms with Crippen molar-refractivity contribution in [1.29, 1.82) is 0 Å². The molecule has 0 saturated carbocycles. The maximum Gasteiger partial charge on any atom is 0.243 e. The lowest BCUT2D eigenvalue weighted by Gasteiger charge is -2.33. The quantitative estimate of drug-likeness (QED) is 0.836. The molecule has 0 aliphatic carbocycles. The third kappa shape index (κ3) is 4.58. The zero-order chi connectivity index (χ0) is 17.0. The molecule has 2 aliphatic rings. The number of benzene rings is 1. The Morgan fingerprint density at radius 1 is 1.16 bits per heavy atom. The van der Waals surface area contributed by atoms with Gasteiger partial charge in [0.25, 0.3) is 0 Å². The smallest absolute Gasteiger partial charge is 0.243 e. The van der Waals surface area contributed by atoms with E-state index in [1.54, 1.807) is 22.5 Å². The number of rotatable bonds is 5. The average Bonchev–Trinajstić information content (AvgIpc) is 2.85. The molecule has 2 aliphatic heterocycles. The Balaban J connectivity index is 0.00000225. The summed E-state index contributed by atoms with van der Waals surface area (Å²) in [5.74, 6) is 1.14. The average molecular weight is 391 g/mol. The van der Waals surface area contributed by atoms with Crippen LogP contribution in [0.15, 0.2) is 23.1 Å². The number of hydrogen-bond acceptors (Lipinski definition) is 5. The van der Waals surface area contributed by atoms with Crippen LogP contribution in [0.2, 0.25) is 0 Å². The van der Waals surface area contributed by atoms with Gasteiger partial charge in [-0.15, -0.1) is 12.4 Å². The predicted octanol–water partition coefficient (Wildman–Crippen LogP) is 2.42. The maximum absolute atomic E-state index is 13.2. The lowest BCUT2D eigenvalue weighted by molar-refractivity contribution is 0.262. The van der Waals surface area contributed by atoms with E-state index >= 15 is 0 Å². The highest BCUT2D eigenvalue weighted by Crippen LogP contribution is 2.33. The van der Waals surface area contributed by atoms with Gasteiger partial charge in [0.15, 0.2) is 11.5 Å². The molecule has 142 valence electrons. The number of fused-ring (bicyclic) bond motifs is 1. The summed E-state index contributed by atoms with van der Waals surface area (Å²) in [6.07, 6.45) is 3.30. The van der Waals surface area contributed by atoms with Gasteiger partial charge in [-0.2, -0.15) is 4.31 Å². The molecule has 1 fully saturated rings. The topological polar surface area (TPSA) is 67.9 Å². The lowest BCUT2D eigenvalue weighted by Crippen LogP contribution is -2.46. The summed E-state index contributed by atoms with van der Waals surface area (Å²) in [5.41, 5.74) is 0. The van der Waals surface area contributed by atoms with Gasteiger partial charge in [-0.1, -0.05) is 6.92 Å². The minimum atomic E-state index is -3.54. The Morgan fingerprint density at radius 3 is 2.52 bits per heavy atom. The SMILES string of the molecule is CCCN(C1CCNCC1)S(=O)(=O)c1ccc2c(c1)OCCCO2.Cl. The monoisotopic (exact) mass is 390 g/mol. The first kappa shape index (κ1) is 20.3. The molecule has 0 bridgehead atoms. The van der Waals surface area contributed by atoms with Gasteiger partial charge in [-0.25, -0.2) is 8.42 Å². The van der Waals surface area contributed by atoms with Gasteiger partial charge >= 0.3 is 0 Å². The minimum absolute atomic E-state index is 0. The van der Waals surface area contributed by atoms with Gasteiger partial charge < -0.3 is 14.8 Å². The van der Waals surface area contributed by atoms with E-state index in [4.69, 9.17) is 9.47 Å². The molecule has 1 aromatic rings. The Hall–Kier alpha value is -1.02. The van der Waals surface area contributed by atoms with Crippen molar-refractivity contribution >= 4 is 22.4 Å². The van der Waals surface area contributed by atoms with Gasteiger partial charge in [0, 0.05) is 25.1 Å². The molecular formula is C17H27ClN2O4S. The van der Waals surface area contributed by atoms with Crippen LogP contribution in [0.25, 0.3) is 0 Å². The molecule has 8 heteroatoms. The van der Waals surface area contributed by atoms with Crippen LogP contribution >= 0.6 is 12.4 Å². The highest BCUT2D eigenvalue weighted by Gasteiger charge is 2.32. The fourth-order valence-electron chi connectivity index (χ4n) is 3.25. The summed E-state index contributed by atoms with van der Waals surface area (Å²) in [7, 11) is -3.54. The number of nitrogens with one attached hydrogen (secondary N) is 1. The molecule has 0 atom stereocenters. The van der Waals surface area contributed by atoms with Crippen LogP contribution in [-0.4, -0.2) is 51.6 Å². The summed E-state index contributed by atoms with van der Waals surface area (Å²) < 4.78 is 39.3. The van der Waals surface area contributed by atoms with Gasteiger partial charge in [0.2, 0.25) is 10.0 Å². The van der Waals surface area contributed by atoms with Crippen LogP contribution in [0.5, 0.6) is 11.5 Å². The third-order valence-corrected chi connectivity index (χ3v) is 6.43. The second-order valence-electron chi connectivity index (χ2n) is 6.26. The number of ether oxygens (including phenoxy) is 2. The molecule has 3 rings (SSSR count). The first-order valence-electron chi connectivity index (χ1n) is 8.75. The normalized spacial score (nSPS) is 18.5. The van der Waals surface area contributed by atoms with Crippen LogP contribution in [0.3, 0.4) is 0 Å². The van der Waals surface area contributed by atoms with E-state index < -0.39 is 10.0 Å². The fraction of sp³-hybridized carbons (Fsp3) is 0.647. The van der Waals surface area contributed by atoms with Crippen molar-refractivity contribution in [3.05, 3.63) is 18.2 Å². The predicted molar refractivity (Wildman–Crippen MR) is 99.4 cm³/mol. The summed E-state index contributed by atoms with van der Waals surface area (Å²) in [4.78, 5) is 0.290. The fourth-order valence-corrected chi connectivity index (χ4v) is 5.05. The molecule has 0 aromatic heterocycles. The van der Waals surface area contributed by atoms with Crippen molar-refractivity contribution in [1.82, 2.24) is 9.62 Å². The zero-order valence-electron chi connectivity index (χ0n) is 14.6. The van der Waals surface area contributed by atoms with Gasteiger partial charge in [-0.05, 0) is 44.5 Å². The number of piperidine rings is 1. The molecule has 1 N–H and O–H groups in total. The molecule has 0 amide bonds. The van der Waals surface area contributed by atoms with Crippen molar-refractivity contribution in [2.24, 2.45) is 0 Å². The molecule has 0 unspecified atom stereocenters. The first-order valence-corrected chi connectivity index (χ1v) is 10.2. The van der Waals surface area contributed by atoms with E-state index in [1.807, 2.05) is 6.92 Å². The van der Waals surface area contributed by atoms with Gasteiger partial charge in [0.1, 0.15) is 0 Å². The van der Waals surface area contributed by atoms with E-state index in [1.165, 1.54) is 0 Å². The minimum Gasteiger partial charge on any atom is -0.490 e. The highest BCUT2D eigenvalue weighted by atomic mass is 35.5. The molecule has 1 aromatic carbocycles. The summed E-state index contributed by atoms with van der Waals surface area (Å²) in [6, 6.07) is 5.01. The molecule has 25 heavy (non-hydrogen) atoms. The van der Waals surface area contributed by atoms with E-state index in [-0.39, 0.29) is 18.4 Å². The number of nitrogens with zero attached hydrogens (tertiary/aromatic N) is 1. The Kier molecular flexibility index (Phi) is 7.37. The van der Waals surface area contributed by atoms with E-state index in [2.05, 4.69) is 5.32 Å². The van der Waals surface area contributed by atoms with E-state index in [0.29, 0.717) is 36.2 Å². The zero-order valence-corrected chi connectivity index (χ0v) is 16.2. The number of sulfonamides is 1. The lowest BCUT2D eigenvalue weighted by atomic mass is 10.1. The Labute approximate surface area is 156 Å². The Morgan fingerprint density at radius 2 is 1.84 bits per heavy atom. The van der Waals surface area contributed by atoms with Crippen molar-refractivity contribution in [3.8, 4) is 11.5 Å². The van der Waals surface area contributed by atoms with E-state index in [0.717, 1.165) is 38.8 Å². The van der Waals surface area contributed by atoms with Crippen LogP contribution in [0, 0.1) is 0 Å². The van der Waals surface area contributed by atoms with Crippen LogP contribution in [0.4, 0.5) is 0 Å². The molecule has 6 nitrogen and oxygen atoms in total. The highest BCUT2D eigenvalue weighted by molar-refractivity contribution is 7.89. The number of halogens is 1. The van der Waals surface area contributed by atoms with Crippen LogP contribution < -0.4 is 14.8 Å². The van der Waals surface area contributed by atoms with Gasteiger partial charge in [-0.3, -0.25) is 0 Å². The van der Waals surface area contributed by atoms with Gasteiger partial charge in [0.05, 0.1) is 18.1 Å². The maximum atomic E-state index is 13.2. The third-order valence-electron chi connectivity index (χ3n) is 4.49. The molecular weight excluding hydrogens is 364 g/mol. The van der Waals surface area contributed by atoms with Crippen LogP contribution in [-0.2, 0) is 10.0 Å². The molecule has 0 radical (unpaired) electrons. The van der Waals surface area contributed by atoms with E-state index in [9.17, 15) is 8.42 Å². The summed E-state index contributed by atoms with van der Waals surface area (Å²) in [5, 5.41) is 3.29. The van der Waals surface area contributed by atoms with Crippen molar-refractivity contribution in [2.75, 3.05) is 32.8 Å². The largest absolute Gasteiger partial charge is 0.490 e. The second kappa shape index (κ2) is 9.07. The Bertz CT molecular complexity index is 663. The van der Waals surface area contributed by atoms with Crippen molar-refractivity contribution in [3.63, 3.8) is 0 Å². The molecule has 1 saturated heterocycles. The first-order chi connectivity index (χ1) is 11.6. The number of hydrogen-bond donors (Lipinski definition) is 1. The van der Waals surface area contributed by atoms with Crippen molar-refractivity contribution in [2.45, 2.75) is 43.5 Å². The standard InChI is InChI=1S/C17H26N2O4S.ClH/c1-2-10-19(14-6-8-18-9-7-14)24(20,21)15-4-5-16-17(13-15)23-12-3-11-22-16;/h4-5,13-14,18H,2-3,6-12H2,1H3;1H.